The molecule has 1 aliphatic rings. The van der Waals surface area contributed by atoms with E-state index in [4.69, 9.17) is 4.74 Å². The van der Waals surface area contributed by atoms with E-state index >= 15 is 0 Å². The van der Waals surface area contributed by atoms with Gasteiger partial charge in [-0.3, -0.25) is 4.79 Å². The molecule has 114 valence electrons. The number of benzene rings is 2. The van der Waals surface area contributed by atoms with Crippen molar-refractivity contribution in [2.45, 2.75) is 32.2 Å². The molecule has 1 heterocycles. The zero-order chi connectivity index (χ0) is 15.4. The summed E-state index contributed by atoms with van der Waals surface area (Å²) < 4.78 is 5.64. The van der Waals surface area contributed by atoms with Gasteiger partial charge in [-0.1, -0.05) is 36.4 Å². The summed E-state index contributed by atoms with van der Waals surface area (Å²) in [6, 6.07) is 18.1. The van der Waals surface area contributed by atoms with Crippen LogP contribution in [0.3, 0.4) is 0 Å². The van der Waals surface area contributed by atoms with Crippen LogP contribution < -0.4 is 9.64 Å². The number of carbonyl (C=O) groups is 1. The van der Waals surface area contributed by atoms with Gasteiger partial charge in [0, 0.05) is 18.2 Å². The van der Waals surface area contributed by atoms with Crippen molar-refractivity contribution in [3.8, 4) is 5.75 Å². The van der Waals surface area contributed by atoms with Crippen molar-refractivity contribution in [3.05, 3.63) is 60.2 Å². The van der Waals surface area contributed by atoms with Crippen LogP contribution in [-0.4, -0.2) is 18.6 Å². The molecule has 0 unspecified atom stereocenters. The lowest BCUT2D eigenvalue weighted by Gasteiger charge is -2.22. The average molecular weight is 295 g/mol. The van der Waals surface area contributed by atoms with Crippen LogP contribution in [0.25, 0.3) is 0 Å². The van der Waals surface area contributed by atoms with E-state index in [9.17, 15) is 4.79 Å². The molecule has 3 nitrogen and oxygen atoms in total. The maximum atomic E-state index is 12.5. The molecule has 0 aliphatic carbocycles. The largest absolute Gasteiger partial charge is 0.494 e. The molecule has 3 heteroatoms. The number of hydrogen-bond acceptors (Lipinski definition) is 2. The van der Waals surface area contributed by atoms with Gasteiger partial charge >= 0.3 is 0 Å². The summed E-state index contributed by atoms with van der Waals surface area (Å²) in [5.74, 6) is 1.05. The number of rotatable bonds is 5. The molecule has 0 spiro atoms. The Hall–Kier alpha value is -2.29. The van der Waals surface area contributed by atoms with Gasteiger partial charge in [-0.15, -0.1) is 0 Å². The summed E-state index contributed by atoms with van der Waals surface area (Å²) in [6.07, 6.45) is 2.20. The maximum absolute atomic E-state index is 12.5. The van der Waals surface area contributed by atoms with Crippen LogP contribution in [0.4, 0.5) is 5.69 Å². The predicted molar refractivity (Wildman–Crippen MR) is 88.3 cm³/mol. The predicted octanol–water partition coefficient (Wildman–Crippen LogP) is 3.82. The van der Waals surface area contributed by atoms with Crippen molar-refractivity contribution < 1.29 is 9.53 Å². The van der Waals surface area contributed by atoms with Crippen LogP contribution in [0.1, 0.15) is 25.3 Å². The molecule has 0 bridgehead atoms. The fourth-order valence-electron chi connectivity index (χ4n) is 3.00. The molecule has 2 aromatic carbocycles. The molecule has 0 aromatic heterocycles. The van der Waals surface area contributed by atoms with Gasteiger partial charge in [-0.25, -0.2) is 0 Å². The van der Waals surface area contributed by atoms with Gasteiger partial charge in [0.2, 0.25) is 5.91 Å². The zero-order valence-corrected chi connectivity index (χ0v) is 12.9. The Morgan fingerprint density at radius 2 is 1.86 bits per heavy atom. The van der Waals surface area contributed by atoms with E-state index in [1.807, 2.05) is 53.4 Å². The third-order valence-electron chi connectivity index (χ3n) is 4.02. The zero-order valence-electron chi connectivity index (χ0n) is 12.9. The Balaban J connectivity index is 1.52. The molecule has 0 N–H and O–H groups in total. The quantitative estimate of drug-likeness (QED) is 0.785. The number of anilines is 1. The minimum absolute atomic E-state index is 0.189. The molecule has 22 heavy (non-hydrogen) atoms. The van der Waals surface area contributed by atoms with Crippen LogP contribution in [-0.2, 0) is 11.2 Å². The fourth-order valence-corrected chi connectivity index (χ4v) is 3.00. The average Bonchev–Trinajstić information content (AvgIpc) is 2.88. The normalized spacial score (nSPS) is 16.4. The minimum Gasteiger partial charge on any atom is -0.494 e. The first-order chi connectivity index (χ1) is 10.8. The van der Waals surface area contributed by atoms with Crippen molar-refractivity contribution >= 4 is 11.6 Å². The summed E-state index contributed by atoms with van der Waals surface area (Å²) in [5, 5.41) is 0. The molecule has 2 aromatic rings. The third kappa shape index (κ3) is 3.14. The second kappa shape index (κ2) is 6.65. The van der Waals surface area contributed by atoms with E-state index in [-0.39, 0.29) is 11.9 Å². The summed E-state index contributed by atoms with van der Waals surface area (Å²) in [6.45, 7) is 2.68. The van der Waals surface area contributed by atoms with Crippen molar-refractivity contribution in [1.29, 1.82) is 0 Å². The number of nitrogens with zero attached hydrogens (tertiary/aromatic N) is 1. The number of para-hydroxylation sites is 2. The number of fused-ring (bicyclic) bond motifs is 1. The van der Waals surface area contributed by atoms with Gasteiger partial charge in [0.15, 0.2) is 0 Å². The van der Waals surface area contributed by atoms with Gasteiger partial charge < -0.3 is 9.64 Å². The molecule has 0 saturated heterocycles. The minimum atomic E-state index is 0.189. The van der Waals surface area contributed by atoms with Gasteiger partial charge in [-0.2, -0.15) is 0 Å². The van der Waals surface area contributed by atoms with E-state index in [0.717, 1.165) is 24.3 Å². The Morgan fingerprint density at radius 1 is 1.14 bits per heavy atom. The molecule has 1 atom stereocenters. The SMILES string of the molecule is C[C@@H]1Cc2ccccc2N1C(=O)CCCOc1ccccc1. The number of ether oxygens (including phenoxy) is 1. The van der Waals surface area contributed by atoms with Gasteiger partial charge in [0.05, 0.1) is 6.61 Å². The topological polar surface area (TPSA) is 29.5 Å². The summed E-state index contributed by atoms with van der Waals surface area (Å²) >= 11 is 0. The monoisotopic (exact) mass is 295 g/mol. The Bertz CT molecular complexity index is 639. The van der Waals surface area contributed by atoms with Crippen molar-refractivity contribution in [2.75, 3.05) is 11.5 Å². The van der Waals surface area contributed by atoms with Crippen molar-refractivity contribution in [1.82, 2.24) is 0 Å². The maximum Gasteiger partial charge on any atom is 0.227 e. The highest BCUT2D eigenvalue weighted by Gasteiger charge is 2.29. The van der Waals surface area contributed by atoms with E-state index < -0.39 is 0 Å². The number of amides is 1. The van der Waals surface area contributed by atoms with Crippen LogP contribution in [0.2, 0.25) is 0 Å². The first kappa shape index (κ1) is 14.6. The molecule has 0 saturated carbocycles. The fraction of sp³-hybridized carbons (Fsp3) is 0.316. The van der Waals surface area contributed by atoms with Gasteiger partial charge in [0.1, 0.15) is 5.75 Å². The highest BCUT2D eigenvalue weighted by Crippen LogP contribution is 2.32. The van der Waals surface area contributed by atoms with Gasteiger partial charge in [0.25, 0.3) is 0 Å². The first-order valence-electron chi connectivity index (χ1n) is 7.83. The molecular formula is C19H21NO2. The molecule has 3 rings (SSSR count). The lowest BCUT2D eigenvalue weighted by molar-refractivity contribution is -0.119. The number of carbonyl (C=O) groups excluding carboxylic acids is 1. The summed E-state index contributed by atoms with van der Waals surface area (Å²) in [5.41, 5.74) is 2.34. The summed E-state index contributed by atoms with van der Waals surface area (Å²) in [7, 11) is 0. The smallest absolute Gasteiger partial charge is 0.227 e. The molecule has 0 radical (unpaired) electrons. The Labute approximate surface area is 131 Å². The molecule has 1 amide bonds. The van der Waals surface area contributed by atoms with Crippen molar-refractivity contribution in [3.63, 3.8) is 0 Å². The summed E-state index contributed by atoms with van der Waals surface area (Å²) in [4.78, 5) is 14.4. The highest BCUT2D eigenvalue weighted by molar-refractivity contribution is 5.96. The Kier molecular flexibility index (Phi) is 4.42. The van der Waals surface area contributed by atoms with Gasteiger partial charge in [-0.05, 0) is 43.5 Å². The van der Waals surface area contributed by atoms with Crippen molar-refractivity contribution in [2.24, 2.45) is 0 Å². The molecule has 0 fully saturated rings. The second-order valence-electron chi connectivity index (χ2n) is 5.71. The van der Waals surface area contributed by atoms with E-state index in [1.54, 1.807) is 0 Å². The molecular weight excluding hydrogens is 274 g/mol. The number of hydrogen-bond donors (Lipinski definition) is 0. The third-order valence-corrected chi connectivity index (χ3v) is 4.02. The van der Waals surface area contributed by atoms with Crippen LogP contribution in [0.5, 0.6) is 5.75 Å². The standard InChI is InChI=1S/C19H21NO2/c1-15-14-16-8-5-6-11-18(16)20(15)19(21)12-7-13-22-17-9-3-2-4-10-17/h2-6,8-11,15H,7,12-14H2,1H3/t15-/m1/s1. The molecule has 1 aliphatic heterocycles. The van der Waals surface area contributed by atoms with Crippen LogP contribution in [0.15, 0.2) is 54.6 Å². The van der Waals surface area contributed by atoms with E-state index in [0.29, 0.717) is 13.0 Å². The highest BCUT2D eigenvalue weighted by atomic mass is 16.5. The lowest BCUT2D eigenvalue weighted by atomic mass is 10.1. The lowest BCUT2D eigenvalue weighted by Crippen LogP contribution is -2.35. The second-order valence-corrected chi connectivity index (χ2v) is 5.71. The van der Waals surface area contributed by atoms with Crippen LogP contribution in [0, 0.1) is 0 Å². The Morgan fingerprint density at radius 3 is 2.68 bits per heavy atom. The first-order valence-corrected chi connectivity index (χ1v) is 7.83. The van der Waals surface area contributed by atoms with Crippen LogP contribution >= 0.6 is 0 Å². The van der Waals surface area contributed by atoms with E-state index in [1.165, 1.54) is 5.56 Å². The van der Waals surface area contributed by atoms with E-state index in [2.05, 4.69) is 13.0 Å².